The maximum Gasteiger partial charge on any atom is 0.278 e. The summed E-state index contributed by atoms with van der Waals surface area (Å²) in [5.74, 6) is 0.0489. The Morgan fingerprint density at radius 3 is 2.12 bits per heavy atom. The third kappa shape index (κ3) is 5.19. The van der Waals surface area contributed by atoms with Gasteiger partial charge in [0.15, 0.2) is 0 Å². The molecule has 0 atom stereocenters. The van der Waals surface area contributed by atoms with Gasteiger partial charge in [-0.05, 0) is 47.2 Å². The van der Waals surface area contributed by atoms with Crippen molar-refractivity contribution in [2.24, 2.45) is 0 Å². The quantitative estimate of drug-likeness (QED) is 0.582. The van der Waals surface area contributed by atoms with Crippen molar-refractivity contribution in [1.29, 1.82) is 0 Å². The number of carbonyl (C=O) groups excluding carboxylic acids is 2. The fraction of sp³-hybridized carbons (Fsp3) is 0.385. The van der Waals surface area contributed by atoms with Gasteiger partial charge in [-0.3, -0.25) is 14.5 Å². The summed E-state index contributed by atoms with van der Waals surface area (Å²) in [6.45, 7) is 9.60. The van der Waals surface area contributed by atoms with Gasteiger partial charge in [0.1, 0.15) is 11.4 Å². The topological polar surface area (TPSA) is 67.9 Å². The van der Waals surface area contributed by atoms with E-state index in [1.165, 1.54) is 10.5 Å². The molecule has 0 saturated heterocycles. The molecule has 0 spiro atoms. The second-order valence-electron chi connectivity index (χ2n) is 8.83. The first kappa shape index (κ1) is 23.5. The van der Waals surface area contributed by atoms with Crippen molar-refractivity contribution in [3.05, 3.63) is 65.4 Å². The Balaban J connectivity index is 1.95. The number of anilines is 1. The second-order valence-corrected chi connectivity index (χ2v) is 8.83. The summed E-state index contributed by atoms with van der Waals surface area (Å²) >= 11 is 0. The van der Waals surface area contributed by atoms with Gasteiger partial charge in [0, 0.05) is 12.8 Å². The molecule has 3 rings (SSSR count). The Kier molecular flexibility index (Phi) is 7.36. The van der Waals surface area contributed by atoms with Gasteiger partial charge in [-0.15, -0.1) is 0 Å². The monoisotopic (exact) mass is 436 g/mol. The summed E-state index contributed by atoms with van der Waals surface area (Å²) in [4.78, 5) is 27.6. The standard InChI is InChI=1S/C26H32N2O4/c1-6-16-32-21-13-7-18(8-14-21)22-23(25(30)28(24(22)29)15-17-31-5)27-20-11-9-19(10-12-20)26(2,3)4/h7-14,27H,6,15-17H2,1-5H3. The van der Waals surface area contributed by atoms with Crippen LogP contribution in [0.15, 0.2) is 54.2 Å². The van der Waals surface area contributed by atoms with Crippen LogP contribution in [0.3, 0.4) is 0 Å². The average Bonchev–Trinajstić information content (AvgIpc) is 3.00. The molecular formula is C26H32N2O4. The van der Waals surface area contributed by atoms with E-state index < -0.39 is 0 Å². The number of amides is 2. The third-order valence-electron chi connectivity index (χ3n) is 5.32. The highest BCUT2D eigenvalue weighted by Crippen LogP contribution is 2.32. The van der Waals surface area contributed by atoms with E-state index in [2.05, 4.69) is 26.1 Å². The molecule has 1 N–H and O–H groups in total. The highest BCUT2D eigenvalue weighted by Gasteiger charge is 2.39. The first-order valence-corrected chi connectivity index (χ1v) is 11.0. The number of hydrogen-bond acceptors (Lipinski definition) is 5. The van der Waals surface area contributed by atoms with Crippen LogP contribution in [0.25, 0.3) is 5.57 Å². The zero-order valence-corrected chi connectivity index (χ0v) is 19.5. The van der Waals surface area contributed by atoms with E-state index in [1.807, 2.05) is 55.5 Å². The van der Waals surface area contributed by atoms with Gasteiger partial charge in [-0.2, -0.15) is 0 Å². The first-order chi connectivity index (χ1) is 15.3. The molecule has 0 radical (unpaired) electrons. The number of ether oxygens (including phenoxy) is 2. The van der Waals surface area contributed by atoms with Crippen molar-refractivity contribution in [3.63, 3.8) is 0 Å². The van der Waals surface area contributed by atoms with Crippen LogP contribution < -0.4 is 10.1 Å². The predicted molar refractivity (Wildman–Crippen MR) is 127 cm³/mol. The average molecular weight is 437 g/mol. The number of imide groups is 1. The van der Waals surface area contributed by atoms with E-state index in [-0.39, 0.29) is 36.1 Å². The largest absolute Gasteiger partial charge is 0.494 e. The van der Waals surface area contributed by atoms with E-state index >= 15 is 0 Å². The lowest BCUT2D eigenvalue weighted by Gasteiger charge is -2.19. The van der Waals surface area contributed by atoms with E-state index in [0.29, 0.717) is 17.7 Å². The smallest absolute Gasteiger partial charge is 0.278 e. The lowest BCUT2D eigenvalue weighted by atomic mass is 9.87. The fourth-order valence-electron chi connectivity index (χ4n) is 3.48. The second kappa shape index (κ2) is 10.0. The normalized spacial score (nSPS) is 14.3. The molecule has 2 aromatic carbocycles. The third-order valence-corrected chi connectivity index (χ3v) is 5.32. The molecule has 0 saturated carbocycles. The first-order valence-electron chi connectivity index (χ1n) is 11.0. The van der Waals surface area contributed by atoms with Crippen LogP contribution in [0.5, 0.6) is 5.75 Å². The highest BCUT2D eigenvalue weighted by atomic mass is 16.5. The number of methoxy groups -OCH3 is 1. The summed E-state index contributed by atoms with van der Waals surface area (Å²) in [5, 5.41) is 3.20. The van der Waals surface area contributed by atoms with Gasteiger partial charge in [0.2, 0.25) is 0 Å². The maximum absolute atomic E-state index is 13.2. The molecule has 0 aliphatic carbocycles. The molecule has 1 aliphatic rings. The Bertz CT molecular complexity index is 986. The molecular weight excluding hydrogens is 404 g/mol. The van der Waals surface area contributed by atoms with Gasteiger partial charge in [0.05, 0.1) is 25.3 Å². The molecule has 1 heterocycles. The molecule has 0 fully saturated rings. The van der Waals surface area contributed by atoms with Gasteiger partial charge in [-0.1, -0.05) is 52.0 Å². The van der Waals surface area contributed by atoms with Crippen molar-refractivity contribution >= 4 is 23.1 Å². The molecule has 6 heteroatoms. The molecule has 6 nitrogen and oxygen atoms in total. The van der Waals surface area contributed by atoms with Gasteiger partial charge < -0.3 is 14.8 Å². The van der Waals surface area contributed by atoms with Gasteiger partial charge in [-0.25, -0.2) is 0 Å². The van der Waals surface area contributed by atoms with E-state index in [1.54, 1.807) is 7.11 Å². The van der Waals surface area contributed by atoms with Crippen LogP contribution in [0.1, 0.15) is 45.2 Å². The minimum absolute atomic E-state index is 0.0284. The van der Waals surface area contributed by atoms with Crippen molar-refractivity contribution in [1.82, 2.24) is 4.90 Å². The summed E-state index contributed by atoms with van der Waals surface area (Å²) in [6.07, 6.45) is 0.913. The lowest BCUT2D eigenvalue weighted by molar-refractivity contribution is -0.137. The van der Waals surface area contributed by atoms with Crippen LogP contribution in [0.4, 0.5) is 5.69 Å². The van der Waals surface area contributed by atoms with E-state index in [0.717, 1.165) is 17.9 Å². The molecule has 2 aromatic rings. The Labute approximate surface area is 190 Å². The number of hydrogen-bond donors (Lipinski definition) is 1. The maximum atomic E-state index is 13.2. The molecule has 32 heavy (non-hydrogen) atoms. The van der Waals surface area contributed by atoms with Crippen LogP contribution >= 0.6 is 0 Å². The zero-order valence-electron chi connectivity index (χ0n) is 19.5. The number of rotatable bonds is 9. The minimum atomic E-state index is -0.353. The molecule has 0 aromatic heterocycles. The number of nitrogens with zero attached hydrogens (tertiary/aromatic N) is 1. The molecule has 1 aliphatic heterocycles. The summed E-state index contributed by atoms with van der Waals surface area (Å²) < 4.78 is 10.7. The van der Waals surface area contributed by atoms with Crippen LogP contribution in [-0.2, 0) is 19.7 Å². The van der Waals surface area contributed by atoms with Crippen molar-refractivity contribution in [3.8, 4) is 5.75 Å². The predicted octanol–water partition coefficient (Wildman–Crippen LogP) is 4.61. The van der Waals surface area contributed by atoms with Crippen molar-refractivity contribution in [2.75, 3.05) is 32.2 Å². The van der Waals surface area contributed by atoms with E-state index in [9.17, 15) is 9.59 Å². The Morgan fingerprint density at radius 1 is 0.906 bits per heavy atom. The highest BCUT2D eigenvalue weighted by molar-refractivity contribution is 6.36. The van der Waals surface area contributed by atoms with Crippen LogP contribution in [-0.4, -0.2) is 43.6 Å². The summed E-state index contributed by atoms with van der Waals surface area (Å²) in [5.41, 5.74) is 3.27. The van der Waals surface area contributed by atoms with Gasteiger partial charge >= 0.3 is 0 Å². The minimum Gasteiger partial charge on any atom is -0.494 e. The fourth-order valence-corrected chi connectivity index (χ4v) is 3.48. The molecule has 2 amide bonds. The van der Waals surface area contributed by atoms with E-state index in [4.69, 9.17) is 9.47 Å². The van der Waals surface area contributed by atoms with Crippen molar-refractivity contribution < 1.29 is 19.1 Å². The number of carbonyl (C=O) groups is 2. The number of benzene rings is 2. The summed E-state index contributed by atoms with van der Waals surface area (Å²) in [6, 6.07) is 15.2. The lowest BCUT2D eigenvalue weighted by Crippen LogP contribution is -2.35. The Hall–Kier alpha value is -3.12. The zero-order chi connectivity index (χ0) is 23.3. The van der Waals surface area contributed by atoms with Crippen LogP contribution in [0, 0.1) is 0 Å². The molecule has 170 valence electrons. The van der Waals surface area contributed by atoms with Crippen LogP contribution in [0.2, 0.25) is 0 Å². The number of nitrogens with one attached hydrogen (secondary N) is 1. The molecule has 0 bridgehead atoms. The molecule has 0 unspecified atom stereocenters. The van der Waals surface area contributed by atoms with Gasteiger partial charge in [0.25, 0.3) is 11.8 Å². The SMILES string of the molecule is CCCOc1ccc(C2=C(Nc3ccc(C(C)(C)C)cc3)C(=O)N(CCOC)C2=O)cc1. The Morgan fingerprint density at radius 2 is 1.56 bits per heavy atom. The van der Waals surface area contributed by atoms with Crippen molar-refractivity contribution in [2.45, 2.75) is 39.5 Å². The summed E-state index contributed by atoms with van der Waals surface area (Å²) in [7, 11) is 1.55.